The van der Waals surface area contributed by atoms with Crippen molar-refractivity contribution in [3.8, 4) is 28.7 Å². The molecule has 0 unspecified atom stereocenters. The Kier molecular flexibility index (Phi) is 9.20. The van der Waals surface area contributed by atoms with E-state index in [9.17, 15) is 19.8 Å². The zero-order valence-electron chi connectivity index (χ0n) is 20.9. The highest BCUT2D eigenvalue weighted by molar-refractivity contribution is 8.03. The topological polar surface area (TPSA) is 141 Å². The van der Waals surface area contributed by atoms with Crippen LogP contribution in [0.25, 0.3) is 17.5 Å². The summed E-state index contributed by atoms with van der Waals surface area (Å²) in [6, 6.07) is 14.2. The molecule has 40 heavy (non-hydrogen) atoms. The van der Waals surface area contributed by atoms with E-state index in [2.05, 4.69) is 10.2 Å². The summed E-state index contributed by atoms with van der Waals surface area (Å²) >= 11 is 13.3. The van der Waals surface area contributed by atoms with Gasteiger partial charge in [0.2, 0.25) is 0 Å². The molecule has 0 aliphatic rings. The number of aromatic carboxylic acids is 1. The number of benzene rings is 3. The first kappa shape index (κ1) is 28.8. The third-order valence-corrected chi connectivity index (χ3v) is 6.68. The maximum Gasteiger partial charge on any atom is 0.342 e. The van der Waals surface area contributed by atoms with Crippen LogP contribution in [0.2, 0.25) is 10.0 Å². The average molecular weight is 603 g/mol. The second kappa shape index (κ2) is 12.8. The molecule has 4 rings (SSSR count). The number of hydrogen-bond acceptors (Lipinski definition) is 9. The SMILES string of the molecule is COc1ccc(Cl)cc1-c1nnc(S/C(=C\c2cc(Cl)c(OCc3cccc(C(=O)O)c3)c(OC)c2)C(=O)O)o1. The van der Waals surface area contributed by atoms with Gasteiger partial charge in [0, 0.05) is 5.02 Å². The maximum absolute atomic E-state index is 12.0. The predicted octanol–water partition coefficient (Wildman–Crippen LogP) is 6.56. The number of rotatable bonds is 11. The van der Waals surface area contributed by atoms with E-state index in [-0.39, 0.29) is 44.7 Å². The number of aliphatic carboxylic acids is 1. The number of carboxylic acid groups (broad SMARTS) is 2. The Morgan fingerprint density at radius 3 is 2.48 bits per heavy atom. The average Bonchev–Trinajstić information content (AvgIpc) is 3.40. The Hall–Kier alpha value is -4.19. The number of aromatic nitrogens is 2. The van der Waals surface area contributed by atoms with Gasteiger partial charge in [-0.15, -0.1) is 10.2 Å². The molecule has 0 bridgehead atoms. The monoisotopic (exact) mass is 602 g/mol. The van der Waals surface area contributed by atoms with E-state index in [0.29, 0.717) is 27.5 Å². The molecule has 0 aliphatic heterocycles. The Morgan fingerprint density at radius 2 is 1.77 bits per heavy atom. The fourth-order valence-electron chi connectivity index (χ4n) is 3.50. The molecule has 3 aromatic carbocycles. The van der Waals surface area contributed by atoms with Crippen molar-refractivity contribution in [1.29, 1.82) is 0 Å². The van der Waals surface area contributed by atoms with Crippen LogP contribution in [0.1, 0.15) is 21.5 Å². The van der Waals surface area contributed by atoms with Gasteiger partial charge in [0.1, 0.15) is 17.3 Å². The fraction of sp³-hybridized carbons (Fsp3) is 0.111. The number of ether oxygens (including phenoxy) is 3. The number of carbonyl (C=O) groups is 2. The molecule has 0 saturated heterocycles. The standard InChI is InChI=1S/C27H20Cl2N2O8S/c1-36-20-7-6-17(28)12-18(20)24-30-31-27(39-24)40-22(26(34)35)11-15-9-19(29)23(21(10-15)37-2)38-13-14-4-3-5-16(8-14)25(32)33/h3-12H,13H2,1-2H3,(H,32,33)(H,34,35)/b22-11-. The Bertz CT molecular complexity index is 1610. The van der Waals surface area contributed by atoms with Crippen molar-refractivity contribution < 1.29 is 38.4 Å². The van der Waals surface area contributed by atoms with Crippen molar-refractivity contribution in [1.82, 2.24) is 10.2 Å². The van der Waals surface area contributed by atoms with Crippen molar-refractivity contribution in [2.24, 2.45) is 0 Å². The molecule has 0 spiro atoms. The molecule has 0 fully saturated rings. The van der Waals surface area contributed by atoms with Gasteiger partial charge in [-0.3, -0.25) is 0 Å². The van der Waals surface area contributed by atoms with Crippen molar-refractivity contribution in [2.75, 3.05) is 14.2 Å². The second-order valence-corrected chi connectivity index (χ2v) is 9.80. The molecule has 0 atom stereocenters. The molecule has 13 heteroatoms. The minimum absolute atomic E-state index is 0.0210. The van der Waals surface area contributed by atoms with E-state index < -0.39 is 11.9 Å². The van der Waals surface area contributed by atoms with Gasteiger partial charge < -0.3 is 28.8 Å². The van der Waals surface area contributed by atoms with Crippen LogP contribution in [0.4, 0.5) is 0 Å². The largest absolute Gasteiger partial charge is 0.496 e. The van der Waals surface area contributed by atoms with Crippen LogP contribution in [-0.4, -0.2) is 46.6 Å². The molecule has 0 amide bonds. The van der Waals surface area contributed by atoms with E-state index in [4.69, 9.17) is 41.8 Å². The van der Waals surface area contributed by atoms with Crippen molar-refractivity contribution in [2.45, 2.75) is 11.8 Å². The molecule has 1 aromatic heterocycles. The molecular weight excluding hydrogens is 583 g/mol. The summed E-state index contributed by atoms with van der Waals surface area (Å²) in [4.78, 5) is 23.1. The lowest BCUT2D eigenvalue weighted by Crippen LogP contribution is -2.02. The highest BCUT2D eigenvalue weighted by atomic mass is 35.5. The van der Waals surface area contributed by atoms with Crippen molar-refractivity contribution in [3.63, 3.8) is 0 Å². The van der Waals surface area contributed by atoms with Crippen LogP contribution in [0, 0.1) is 0 Å². The minimum Gasteiger partial charge on any atom is -0.496 e. The maximum atomic E-state index is 12.0. The van der Waals surface area contributed by atoms with Gasteiger partial charge in [-0.1, -0.05) is 35.3 Å². The highest BCUT2D eigenvalue weighted by Crippen LogP contribution is 2.39. The Labute approximate surface area is 242 Å². The van der Waals surface area contributed by atoms with E-state index >= 15 is 0 Å². The zero-order valence-corrected chi connectivity index (χ0v) is 23.2. The summed E-state index contributed by atoms with van der Waals surface area (Å²) in [6.07, 6.45) is 1.37. The van der Waals surface area contributed by atoms with Crippen LogP contribution >= 0.6 is 35.0 Å². The Morgan fingerprint density at radius 1 is 1.00 bits per heavy atom. The summed E-state index contributed by atoms with van der Waals surface area (Å²) in [6.45, 7) is 0.0273. The third kappa shape index (κ3) is 6.87. The van der Waals surface area contributed by atoms with Gasteiger partial charge in [-0.05, 0) is 71.4 Å². The fourth-order valence-corrected chi connectivity index (χ4v) is 4.62. The number of thioether (sulfide) groups is 1. The van der Waals surface area contributed by atoms with Crippen LogP contribution in [-0.2, 0) is 11.4 Å². The number of halogens is 2. The molecule has 0 aliphatic carbocycles. The normalized spacial score (nSPS) is 11.2. The van der Waals surface area contributed by atoms with Gasteiger partial charge in [-0.25, -0.2) is 9.59 Å². The van der Waals surface area contributed by atoms with E-state index in [0.717, 1.165) is 11.8 Å². The van der Waals surface area contributed by atoms with Crippen molar-refractivity contribution in [3.05, 3.63) is 86.2 Å². The lowest BCUT2D eigenvalue weighted by Gasteiger charge is -2.14. The van der Waals surface area contributed by atoms with Gasteiger partial charge in [0.05, 0.1) is 30.4 Å². The first-order valence-electron chi connectivity index (χ1n) is 11.3. The van der Waals surface area contributed by atoms with Crippen LogP contribution in [0.15, 0.2) is 69.1 Å². The van der Waals surface area contributed by atoms with Gasteiger partial charge in [0.15, 0.2) is 11.5 Å². The summed E-state index contributed by atoms with van der Waals surface area (Å²) in [5, 5.41) is 27.5. The predicted molar refractivity (Wildman–Crippen MR) is 149 cm³/mol. The van der Waals surface area contributed by atoms with E-state index in [1.807, 2.05) is 0 Å². The number of nitrogens with zero attached hydrogens (tertiary/aromatic N) is 2. The van der Waals surface area contributed by atoms with E-state index in [1.54, 1.807) is 36.4 Å². The molecule has 4 aromatic rings. The molecular formula is C27H20Cl2N2O8S. The van der Waals surface area contributed by atoms with E-state index in [1.165, 1.54) is 38.5 Å². The molecule has 10 nitrogen and oxygen atoms in total. The summed E-state index contributed by atoms with van der Waals surface area (Å²) in [5.74, 6) is -1.27. The lowest BCUT2D eigenvalue weighted by atomic mass is 10.1. The summed E-state index contributed by atoms with van der Waals surface area (Å²) in [7, 11) is 2.89. The molecule has 206 valence electrons. The van der Waals surface area contributed by atoms with Gasteiger partial charge >= 0.3 is 11.9 Å². The zero-order chi connectivity index (χ0) is 28.8. The number of carboxylic acids is 2. The summed E-state index contributed by atoms with van der Waals surface area (Å²) in [5.41, 5.74) is 1.60. The quantitative estimate of drug-likeness (QED) is 0.142. The molecule has 1 heterocycles. The number of hydrogen-bond donors (Lipinski definition) is 2. The lowest BCUT2D eigenvalue weighted by molar-refractivity contribution is -0.131. The number of methoxy groups -OCH3 is 2. The highest BCUT2D eigenvalue weighted by Gasteiger charge is 2.19. The second-order valence-electron chi connectivity index (χ2n) is 7.96. The van der Waals surface area contributed by atoms with Crippen LogP contribution in [0.3, 0.4) is 0 Å². The first-order valence-corrected chi connectivity index (χ1v) is 12.9. The Balaban J connectivity index is 1.57. The molecule has 0 radical (unpaired) electrons. The minimum atomic E-state index is -1.24. The van der Waals surface area contributed by atoms with Crippen LogP contribution < -0.4 is 14.2 Å². The third-order valence-electron chi connectivity index (χ3n) is 5.31. The van der Waals surface area contributed by atoms with Gasteiger partial charge in [-0.2, -0.15) is 0 Å². The van der Waals surface area contributed by atoms with Crippen LogP contribution in [0.5, 0.6) is 17.2 Å². The summed E-state index contributed by atoms with van der Waals surface area (Å²) < 4.78 is 22.2. The molecule has 0 saturated carbocycles. The van der Waals surface area contributed by atoms with Crippen molar-refractivity contribution >= 4 is 53.0 Å². The molecule has 2 N–H and O–H groups in total. The smallest absolute Gasteiger partial charge is 0.342 e. The van der Waals surface area contributed by atoms with Gasteiger partial charge in [0.25, 0.3) is 11.1 Å². The first-order chi connectivity index (χ1) is 19.2.